The molecular weight excluding hydrogens is 278 g/mol. The minimum Gasteiger partial charge on any atom is -0.480 e. The molecule has 6 heteroatoms. The van der Waals surface area contributed by atoms with E-state index >= 15 is 0 Å². The second kappa shape index (κ2) is 5.28. The summed E-state index contributed by atoms with van der Waals surface area (Å²) < 4.78 is 0. The summed E-state index contributed by atoms with van der Waals surface area (Å²) in [6.45, 7) is 4.65. The van der Waals surface area contributed by atoms with Gasteiger partial charge in [0.1, 0.15) is 6.04 Å². The first kappa shape index (κ1) is 14.6. The van der Waals surface area contributed by atoms with Crippen LogP contribution >= 0.6 is 11.8 Å². The van der Waals surface area contributed by atoms with E-state index in [0.717, 1.165) is 4.90 Å². The molecule has 0 aromatic heterocycles. The van der Waals surface area contributed by atoms with Crippen LogP contribution in [0.25, 0.3) is 0 Å². The van der Waals surface area contributed by atoms with Gasteiger partial charge in [0.15, 0.2) is 5.78 Å². The molecule has 1 aliphatic heterocycles. The number of hydrogen-bond donors (Lipinski definition) is 1. The molecule has 2 atom stereocenters. The molecule has 1 aliphatic rings. The third-order valence-electron chi connectivity index (χ3n) is 3.26. The summed E-state index contributed by atoms with van der Waals surface area (Å²) in [7, 11) is 0. The number of Topliss-reactive ketones (excluding diaryl/α,β-unsaturated/α-hetero) is 1. The average molecular weight is 293 g/mol. The van der Waals surface area contributed by atoms with E-state index in [1.54, 1.807) is 25.1 Å². The third-order valence-corrected chi connectivity index (χ3v) is 4.41. The molecule has 0 bridgehead atoms. The van der Waals surface area contributed by atoms with Gasteiger partial charge in [-0.15, -0.1) is 11.8 Å². The number of fused-ring (bicyclic) bond motifs is 1. The van der Waals surface area contributed by atoms with Crippen LogP contribution in [0.2, 0.25) is 0 Å². The van der Waals surface area contributed by atoms with Gasteiger partial charge in [0, 0.05) is 10.5 Å². The Labute approximate surface area is 121 Å². The van der Waals surface area contributed by atoms with Crippen LogP contribution in [0.5, 0.6) is 0 Å². The average Bonchev–Trinajstić information content (AvgIpc) is 2.38. The largest absolute Gasteiger partial charge is 0.480 e. The number of carboxylic acids is 1. The first-order valence-corrected chi connectivity index (χ1v) is 7.08. The molecule has 0 saturated carbocycles. The van der Waals surface area contributed by atoms with Gasteiger partial charge < -0.3 is 5.11 Å². The lowest BCUT2D eigenvalue weighted by Crippen LogP contribution is -2.48. The monoisotopic (exact) mass is 293 g/mol. The van der Waals surface area contributed by atoms with Crippen molar-refractivity contribution in [2.75, 3.05) is 4.90 Å². The van der Waals surface area contributed by atoms with Crippen LogP contribution in [0.4, 0.5) is 5.69 Å². The van der Waals surface area contributed by atoms with Crippen molar-refractivity contribution in [2.24, 2.45) is 0 Å². The van der Waals surface area contributed by atoms with E-state index in [-0.39, 0.29) is 16.9 Å². The summed E-state index contributed by atoms with van der Waals surface area (Å²) in [6, 6.07) is 4.09. The maximum atomic E-state index is 12.3. The number of carbonyl (C=O) groups is 3. The number of amides is 1. The van der Waals surface area contributed by atoms with Gasteiger partial charge in [0.2, 0.25) is 5.91 Å². The van der Waals surface area contributed by atoms with Gasteiger partial charge in [-0.3, -0.25) is 14.5 Å². The van der Waals surface area contributed by atoms with Gasteiger partial charge in [0.05, 0.1) is 10.9 Å². The zero-order valence-corrected chi connectivity index (χ0v) is 12.2. The minimum absolute atomic E-state index is 0.119. The molecule has 0 radical (unpaired) electrons. The van der Waals surface area contributed by atoms with Crippen LogP contribution in [0.3, 0.4) is 0 Å². The topological polar surface area (TPSA) is 74.7 Å². The summed E-state index contributed by atoms with van der Waals surface area (Å²) in [5.74, 6) is -1.44. The standard InChI is InChI=1S/C14H15NO4S/c1-7(14(18)19)15-11-6-10(8(2)16)4-5-12(11)20-9(3)13(15)17/h4-7,9H,1-3H3,(H,18,19). The Bertz CT molecular complexity index is 599. The second-order valence-electron chi connectivity index (χ2n) is 4.72. The summed E-state index contributed by atoms with van der Waals surface area (Å²) >= 11 is 1.38. The zero-order valence-electron chi connectivity index (χ0n) is 11.4. The first-order chi connectivity index (χ1) is 9.32. The number of rotatable bonds is 3. The van der Waals surface area contributed by atoms with E-state index < -0.39 is 12.0 Å². The normalized spacial score (nSPS) is 19.4. The number of ketones is 1. The highest BCUT2D eigenvalue weighted by molar-refractivity contribution is 8.01. The maximum Gasteiger partial charge on any atom is 0.326 e. The van der Waals surface area contributed by atoms with Crippen molar-refractivity contribution >= 4 is 35.1 Å². The highest BCUT2D eigenvalue weighted by atomic mass is 32.2. The van der Waals surface area contributed by atoms with Crippen LogP contribution in [-0.2, 0) is 9.59 Å². The molecule has 1 N–H and O–H groups in total. The molecule has 1 aromatic rings. The molecule has 0 spiro atoms. The Hall–Kier alpha value is -1.82. The van der Waals surface area contributed by atoms with Gasteiger partial charge in [-0.25, -0.2) is 4.79 Å². The fraction of sp³-hybridized carbons (Fsp3) is 0.357. The molecule has 2 rings (SSSR count). The van der Waals surface area contributed by atoms with E-state index in [1.807, 2.05) is 0 Å². The smallest absolute Gasteiger partial charge is 0.326 e. The van der Waals surface area contributed by atoms with Crippen LogP contribution in [-0.4, -0.2) is 34.1 Å². The summed E-state index contributed by atoms with van der Waals surface area (Å²) in [5, 5.41) is 8.83. The van der Waals surface area contributed by atoms with Crippen molar-refractivity contribution in [3.05, 3.63) is 23.8 Å². The number of carbonyl (C=O) groups excluding carboxylic acids is 2. The highest BCUT2D eigenvalue weighted by Gasteiger charge is 2.36. The van der Waals surface area contributed by atoms with Crippen molar-refractivity contribution in [3.8, 4) is 0 Å². The second-order valence-corrected chi connectivity index (χ2v) is 6.10. The van der Waals surface area contributed by atoms with Crippen molar-refractivity contribution in [3.63, 3.8) is 0 Å². The summed E-state index contributed by atoms with van der Waals surface area (Å²) in [4.78, 5) is 37.0. The molecule has 0 fully saturated rings. The van der Waals surface area contributed by atoms with E-state index in [0.29, 0.717) is 11.3 Å². The van der Waals surface area contributed by atoms with E-state index in [1.165, 1.54) is 30.5 Å². The molecule has 106 valence electrons. The van der Waals surface area contributed by atoms with Gasteiger partial charge >= 0.3 is 5.97 Å². The van der Waals surface area contributed by atoms with E-state index in [4.69, 9.17) is 0 Å². The first-order valence-electron chi connectivity index (χ1n) is 6.20. The molecule has 20 heavy (non-hydrogen) atoms. The Morgan fingerprint density at radius 2 is 2.05 bits per heavy atom. The lowest BCUT2D eigenvalue weighted by molar-refractivity contribution is -0.139. The van der Waals surface area contributed by atoms with E-state index in [9.17, 15) is 19.5 Å². The van der Waals surface area contributed by atoms with Crippen LogP contribution in [0.1, 0.15) is 31.1 Å². The molecule has 1 amide bonds. The third kappa shape index (κ3) is 2.43. The van der Waals surface area contributed by atoms with Crippen LogP contribution < -0.4 is 4.90 Å². The SMILES string of the molecule is CC(=O)c1ccc2c(c1)N(C(C)C(=O)O)C(=O)C(C)S2. The highest BCUT2D eigenvalue weighted by Crippen LogP contribution is 2.40. The van der Waals surface area contributed by atoms with Crippen molar-refractivity contribution in [1.82, 2.24) is 0 Å². The number of hydrogen-bond acceptors (Lipinski definition) is 4. The van der Waals surface area contributed by atoms with Crippen molar-refractivity contribution < 1.29 is 19.5 Å². The van der Waals surface area contributed by atoms with Crippen molar-refractivity contribution in [1.29, 1.82) is 0 Å². The quantitative estimate of drug-likeness (QED) is 0.865. The molecule has 2 unspecified atom stereocenters. The van der Waals surface area contributed by atoms with Crippen LogP contribution in [0, 0.1) is 0 Å². The fourth-order valence-electron chi connectivity index (χ4n) is 2.09. The number of thioether (sulfide) groups is 1. The molecule has 5 nitrogen and oxygen atoms in total. The lowest BCUT2D eigenvalue weighted by atomic mass is 10.1. The summed E-state index contributed by atoms with van der Waals surface area (Å²) in [6.07, 6.45) is 0. The number of aliphatic carboxylic acids is 1. The van der Waals surface area contributed by atoms with Crippen molar-refractivity contribution in [2.45, 2.75) is 37.0 Å². The van der Waals surface area contributed by atoms with Gasteiger partial charge in [0.25, 0.3) is 0 Å². The van der Waals surface area contributed by atoms with Gasteiger partial charge in [-0.05, 0) is 32.9 Å². The number of anilines is 1. The Morgan fingerprint density at radius 1 is 1.40 bits per heavy atom. The predicted molar refractivity (Wildman–Crippen MR) is 76.3 cm³/mol. The zero-order chi connectivity index (χ0) is 15.0. The van der Waals surface area contributed by atoms with Crippen LogP contribution in [0.15, 0.2) is 23.1 Å². The maximum absolute atomic E-state index is 12.3. The number of carboxylic acid groups (broad SMARTS) is 1. The summed E-state index contributed by atoms with van der Waals surface area (Å²) in [5.41, 5.74) is 0.968. The van der Waals surface area contributed by atoms with Gasteiger partial charge in [-0.2, -0.15) is 0 Å². The fourth-order valence-corrected chi connectivity index (χ4v) is 3.11. The number of nitrogens with zero attached hydrogens (tertiary/aromatic N) is 1. The number of benzene rings is 1. The molecule has 1 aromatic carbocycles. The molecule has 0 aliphatic carbocycles. The minimum atomic E-state index is -1.07. The molecular formula is C14H15NO4S. The lowest BCUT2D eigenvalue weighted by Gasteiger charge is -2.35. The van der Waals surface area contributed by atoms with E-state index in [2.05, 4.69) is 0 Å². The Balaban J connectivity index is 2.57. The predicted octanol–water partition coefficient (Wildman–Crippen LogP) is 2.19. The Kier molecular flexibility index (Phi) is 3.85. The van der Waals surface area contributed by atoms with Gasteiger partial charge in [-0.1, -0.05) is 6.07 Å². The molecule has 0 saturated heterocycles. The Morgan fingerprint density at radius 3 is 2.60 bits per heavy atom. The molecule has 1 heterocycles.